The van der Waals surface area contributed by atoms with E-state index in [0.717, 1.165) is 25.1 Å². The lowest BCUT2D eigenvalue weighted by molar-refractivity contribution is 0.647. The Balaban J connectivity index is 2.38. The highest BCUT2D eigenvalue weighted by Crippen LogP contribution is 2.40. The third-order valence-corrected chi connectivity index (χ3v) is 5.76. The zero-order valence-electron chi connectivity index (χ0n) is 16.9. The topological polar surface area (TPSA) is 17.8 Å². The molecule has 1 atom stereocenters. The monoisotopic (exact) mass is 384 g/mol. The lowest BCUT2D eigenvalue weighted by atomic mass is 9.92. The van der Waals surface area contributed by atoms with Gasteiger partial charge in [-0.3, -0.25) is 4.98 Å². The molecule has 4 heteroatoms. The first-order valence-electron chi connectivity index (χ1n) is 9.90. The highest BCUT2D eigenvalue weighted by atomic mass is 32.2. The molecule has 2 aromatic heterocycles. The molecule has 27 heavy (non-hydrogen) atoms. The number of halogens is 1. The van der Waals surface area contributed by atoms with Crippen molar-refractivity contribution >= 4 is 23.1 Å². The molecule has 3 rings (SSSR count). The van der Waals surface area contributed by atoms with Crippen molar-refractivity contribution in [3.63, 3.8) is 0 Å². The summed E-state index contributed by atoms with van der Waals surface area (Å²) in [5.41, 5.74) is 6.12. The van der Waals surface area contributed by atoms with Crippen molar-refractivity contribution < 1.29 is 3.89 Å². The second-order valence-corrected chi connectivity index (χ2v) is 8.30. The molecule has 0 amide bonds. The summed E-state index contributed by atoms with van der Waals surface area (Å²) in [6.45, 7) is 12.0. The van der Waals surface area contributed by atoms with Gasteiger partial charge in [-0.2, -0.15) is 3.89 Å². The number of rotatable bonds is 7. The van der Waals surface area contributed by atoms with Crippen molar-refractivity contribution in [2.45, 2.75) is 64.8 Å². The van der Waals surface area contributed by atoms with Gasteiger partial charge in [0, 0.05) is 34.1 Å². The number of aromatic nitrogens is 2. The van der Waals surface area contributed by atoms with Gasteiger partial charge in [-0.15, -0.1) is 0 Å². The van der Waals surface area contributed by atoms with E-state index in [4.69, 9.17) is 4.98 Å². The van der Waals surface area contributed by atoms with E-state index in [9.17, 15) is 3.89 Å². The number of benzene rings is 1. The van der Waals surface area contributed by atoms with Gasteiger partial charge in [0.15, 0.2) is 0 Å². The van der Waals surface area contributed by atoms with E-state index in [-0.39, 0.29) is 0 Å². The van der Waals surface area contributed by atoms with Gasteiger partial charge in [-0.25, -0.2) is 0 Å². The largest absolute Gasteiger partial charge is 0.340 e. The first kappa shape index (κ1) is 19.9. The molecule has 0 aliphatic carbocycles. The second kappa shape index (κ2) is 8.47. The summed E-state index contributed by atoms with van der Waals surface area (Å²) >= 11 is 0.320. The Kier molecular flexibility index (Phi) is 6.25. The molecule has 0 bridgehead atoms. The molecule has 1 aromatic carbocycles. The van der Waals surface area contributed by atoms with Crippen LogP contribution in [0, 0.1) is 5.92 Å². The quantitative estimate of drug-likeness (QED) is 0.422. The van der Waals surface area contributed by atoms with Gasteiger partial charge in [0.05, 0.1) is 23.5 Å². The van der Waals surface area contributed by atoms with Gasteiger partial charge >= 0.3 is 0 Å². The van der Waals surface area contributed by atoms with Crippen LogP contribution in [-0.4, -0.2) is 9.55 Å². The minimum atomic E-state index is 0.320. The summed E-state index contributed by atoms with van der Waals surface area (Å²) < 4.78 is 15.7. The maximum atomic E-state index is 13.3. The highest BCUT2D eigenvalue weighted by molar-refractivity contribution is 7.94. The van der Waals surface area contributed by atoms with E-state index < -0.39 is 0 Å². The van der Waals surface area contributed by atoms with Crippen LogP contribution in [0.3, 0.4) is 0 Å². The molecule has 0 spiro atoms. The number of fused-ring (bicyclic) bond motifs is 1. The molecule has 0 N–H and O–H groups in total. The van der Waals surface area contributed by atoms with Crippen molar-refractivity contribution in [2.24, 2.45) is 5.92 Å². The van der Waals surface area contributed by atoms with Crippen LogP contribution in [0.5, 0.6) is 0 Å². The van der Waals surface area contributed by atoms with Crippen LogP contribution in [0.25, 0.3) is 22.2 Å². The van der Waals surface area contributed by atoms with E-state index >= 15 is 0 Å². The maximum absolute atomic E-state index is 13.3. The fourth-order valence-electron chi connectivity index (χ4n) is 3.91. The van der Waals surface area contributed by atoms with E-state index in [1.807, 2.05) is 24.4 Å². The molecular weight excluding hydrogens is 355 g/mol. The summed E-state index contributed by atoms with van der Waals surface area (Å²) in [6, 6.07) is 10.2. The number of pyridine rings is 1. The average Bonchev–Trinajstić information content (AvgIpc) is 2.99. The molecule has 0 saturated carbocycles. The SMILES string of the molecule is CCC(C)c1ncccc1-c1c(CC(C)C)c2cc(SF)ccc2n1CC. The molecule has 144 valence electrons. The molecule has 0 fully saturated rings. The van der Waals surface area contributed by atoms with Crippen LogP contribution >= 0.6 is 12.1 Å². The van der Waals surface area contributed by atoms with Gasteiger partial charge in [-0.1, -0.05) is 27.7 Å². The van der Waals surface area contributed by atoms with Crippen molar-refractivity contribution in [1.29, 1.82) is 0 Å². The van der Waals surface area contributed by atoms with E-state index in [2.05, 4.69) is 51.3 Å². The minimum absolute atomic E-state index is 0.320. The zero-order valence-corrected chi connectivity index (χ0v) is 17.7. The van der Waals surface area contributed by atoms with Crippen LogP contribution in [0.15, 0.2) is 41.4 Å². The fraction of sp³-hybridized carbons (Fsp3) is 0.435. The van der Waals surface area contributed by atoms with Crippen LogP contribution < -0.4 is 0 Å². The van der Waals surface area contributed by atoms with Crippen molar-refractivity contribution in [3.8, 4) is 11.3 Å². The minimum Gasteiger partial charge on any atom is -0.340 e. The first-order chi connectivity index (χ1) is 13.0. The summed E-state index contributed by atoms with van der Waals surface area (Å²) in [5, 5.41) is 1.17. The predicted molar refractivity (Wildman–Crippen MR) is 115 cm³/mol. The molecule has 1 unspecified atom stereocenters. The van der Waals surface area contributed by atoms with Crippen molar-refractivity contribution in [2.75, 3.05) is 0 Å². The molecule has 2 heterocycles. The highest BCUT2D eigenvalue weighted by Gasteiger charge is 2.23. The molecule has 0 aliphatic heterocycles. The van der Waals surface area contributed by atoms with E-state index in [1.54, 1.807) is 0 Å². The summed E-state index contributed by atoms with van der Waals surface area (Å²) in [6.07, 6.45) is 3.91. The van der Waals surface area contributed by atoms with Gasteiger partial charge in [-0.05, 0) is 67.5 Å². The Hall–Kier alpha value is -1.81. The van der Waals surface area contributed by atoms with Crippen LogP contribution in [0.1, 0.15) is 58.2 Å². The fourth-order valence-corrected chi connectivity index (χ4v) is 4.19. The molecule has 0 radical (unpaired) electrons. The number of nitrogens with zero attached hydrogens (tertiary/aromatic N) is 2. The van der Waals surface area contributed by atoms with Crippen LogP contribution in [0.2, 0.25) is 0 Å². The Labute approximate surface area is 166 Å². The third-order valence-electron chi connectivity index (χ3n) is 5.33. The Morgan fingerprint density at radius 1 is 1.15 bits per heavy atom. The number of aryl methyl sites for hydroxylation is 1. The van der Waals surface area contributed by atoms with Gasteiger partial charge in [0.1, 0.15) is 0 Å². The normalized spacial score (nSPS) is 12.9. The van der Waals surface area contributed by atoms with E-state index in [0.29, 0.717) is 28.9 Å². The average molecular weight is 385 g/mol. The van der Waals surface area contributed by atoms with Crippen LogP contribution in [-0.2, 0) is 13.0 Å². The third kappa shape index (κ3) is 3.77. The maximum Gasteiger partial charge on any atom is 0.0812 e. The zero-order chi connectivity index (χ0) is 19.6. The Morgan fingerprint density at radius 2 is 1.93 bits per heavy atom. The lowest BCUT2D eigenvalue weighted by Gasteiger charge is -2.18. The lowest BCUT2D eigenvalue weighted by Crippen LogP contribution is -2.05. The Morgan fingerprint density at radius 3 is 2.56 bits per heavy atom. The smallest absolute Gasteiger partial charge is 0.0812 e. The Bertz CT molecular complexity index is 930. The summed E-state index contributed by atoms with van der Waals surface area (Å²) in [7, 11) is 0. The van der Waals surface area contributed by atoms with E-state index in [1.165, 1.54) is 27.7 Å². The second-order valence-electron chi connectivity index (χ2n) is 7.67. The molecule has 0 saturated heterocycles. The predicted octanol–water partition coefficient (Wildman–Crippen LogP) is 7.41. The van der Waals surface area contributed by atoms with Crippen LogP contribution in [0.4, 0.5) is 3.89 Å². The molecule has 3 aromatic rings. The summed E-state index contributed by atoms with van der Waals surface area (Å²) in [5.74, 6) is 0.915. The summed E-state index contributed by atoms with van der Waals surface area (Å²) in [4.78, 5) is 5.42. The number of hydrogen-bond acceptors (Lipinski definition) is 2. The van der Waals surface area contributed by atoms with Gasteiger partial charge in [0.2, 0.25) is 0 Å². The van der Waals surface area contributed by atoms with Gasteiger partial charge < -0.3 is 4.57 Å². The molecule has 2 nitrogen and oxygen atoms in total. The van der Waals surface area contributed by atoms with Gasteiger partial charge in [0.25, 0.3) is 0 Å². The van der Waals surface area contributed by atoms with Crippen molar-refractivity contribution in [3.05, 3.63) is 47.8 Å². The molecular formula is C23H29FN2S. The number of hydrogen-bond donors (Lipinski definition) is 0. The first-order valence-corrected chi connectivity index (χ1v) is 10.6. The van der Waals surface area contributed by atoms with Crippen molar-refractivity contribution in [1.82, 2.24) is 9.55 Å². The molecule has 0 aliphatic rings. The standard InChI is InChI=1S/C23H29FN2S/c1-6-16(5)22-18(9-8-12-25-22)23-20(13-15(3)4)19-14-17(27-24)10-11-21(19)26(23)7-2/h8-12,14-16H,6-7,13H2,1-5H3.